The molecule has 1 aliphatic carbocycles. The monoisotopic (exact) mass is 443 g/mol. The third kappa shape index (κ3) is 3.91. The molecule has 3 aromatic carbocycles. The SMILES string of the molecule is NC(=O)C(C1CCCC1)n1c(-c2ccc(Cl)c(Cc3ccccc3)c2)nc2ccccc21. The van der Waals surface area contributed by atoms with Gasteiger partial charge in [0.05, 0.1) is 11.0 Å². The molecule has 0 aliphatic heterocycles. The van der Waals surface area contributed by atoms with Gasteiger partial charge in [0.25, 0.3) is 0 Å². The Balaban J connectivity index is 1.65. The van der Waals surface area contributed by atoms with Gasteiger partial charge in [-0.15, -0.1) is 0 Å². The van der Waals surface area contributed by atoms with E-state index in [4.69, 9.17) is 22.3 Å². The first-order valence-corrected chi connectivity index (χ1v) is 11.6. The van der Waals surface area contributed by atoms with Crippen LogP contribution in [0.1, 0.15) is 42.9 Å². The molecule has 5 heteroatoms. The van der Waals surface area contributed by atoms with Gasteiger partial charge in [0, 0.05) is 10.6 Å². The molecule has 1 aliphatic rings. The summed E-state index contributed by atoms with van der Waals surface area (Å²) < 4.78 is 2.07. The van der Waals surface area contributed by atoms with E-state index >= 15 is 0 Å². The number of primary amides is 1. The molecular weight excluding hydrogens is 418 g/mol. The largest absolute Gasteiger partial charge is 0.368 e. The second-order valence-electron chi connectivity index (χ2n) is 8.65. The molecule has 1 atom stereocenters. The summed E-state index contributed by atoms with van der Waals surface area (Å²) in [5, 5.41) is 0.725. The van der Waals surface area contributed by atoms with Gasteiger partial charge in [-0.2, -0.15) is 0 Å². The number of para-hydroxylation sites is 2. The molecule has 4 nitrogen and oxygen atoms in total. The fourth-order valence-electron chi connectivity index (χ4n) is 5.04. The average Bonchev–Trinajstić information content (AvgIpc) is 3.45. The van der Waals surface area contributed by atoms with Crippen LogP contribution in [0.5, 0.6) is 0 Å². The summed E-state index contributed by atoms with van der Waals surface area (Å²) >= 11 is 6.57. The number of halogens is 1. The highest BCUT2D eigenvalue weighted by Crippen LogP contribution is 2.39. The van der Waals surface area contributed by atoms with Gasteiger partial charge in [0.15, 0.2) is 0 Å². The molecule has 1 unspecified atom stereocenters. The Morgan fingerprint density at radius 2 is 1.75 bits per heavy atom. The van der Waals surface area contributed by atoms with E-state index in [0.29, 0.717) is 0 Å². The molecule has 162 valence electrons. The number of nitrogens with zero attached hydrogens (tertiary/aromatic N) is 2. The van der Waals surface area contributed by atoms with E-state index in [0.717, 1.165) is 65.1 Å². The molecule has 1 saturated carbocycles. The first-order valence-electron chi connectivity index (χ1n) is 11.2. The number of carbonyl (C=O) groups is 1. The van der Waals surface area contributed by atoms with E-state index in [1.165, 1.54) is 5.56 Å². The van der Waals surface area contributed by atoms with Crippen LogP contribution in [-0.4, -0.2) is 15.5 Å². The fourth-order valence-corrected chi connectivity index (χ4v) is 5.22. The van der Waals surface area contributed by atoms with Crippen molar-refractivity contribution in [1.29, 1.82) is 0 Å². The van der Waals surface area contributed by atoms with Gasteiger partial charge < -0.3 is 10.3 Å². The van der Waals surface area contributed by atoms with Gasteiger partial charge in [-0.05, 0) is 66.6 Å². The van der Waals surface area contributed by atoms with Gasteiger partial charge in [0.1, 0.15) is 11.9 Å². The van der Waals surface area contributed by atoms with Crippen molar-refractivity contribution in [1.82, 2.24) is 9.55 Å². The summed E-state index contributed by atoms with van der Waals surface area (Å²) in [5.41, 5.74) is 11.0. The summed E-state index contributed by atoms with van der Waals surface area (Å²) in [6.07, 6.45) is 5.03. The molecular formula is C27H26ClN3O. The Morgan fingerprint density at radius 3 is 2.50 bits per heavy atom. The first kappa shape index (κ1) is 20.8. The molecule has 2 N–H and O–H groups in total. The second-order valence-corrected chi connectivity index (χ2v) is 9.06. The number of benzene rings is 3. The summed E-state index contributed by atoms with van der Waals surface area (Å²) in [5.74, 6) is 0.715. The van der Waals surface area contributed by atoms with Crippen LogP contribution in [0.25, 0.3) is 22.4 Å². The van der Waals surface area contributed by atoms with Crippen molar-refractivity contribution in [3.63, 3.8) is 0 Å². The molecule has 1 aromatic heterocycles. The van der Waals surface area contributed by atoms with Crippen molar-refractivity contribution in [2.45, 2.75) is 38.1 Å². The molecule has 4 aromatic rings. The summed E-state index contributed by atoms with van der Waals surface area (Å²) in [7, 11) is 0. The van der Waals surface area contributed by atoms with E-state index in [-0.39, 0.29) is 11.8 Å². The number of amides is 1. The summed E-state index contributed by atoms with van der Waals surface area (Å²) in [6.45, 7) is 0. The third-order valence-corrected chi connectivity index (χ3v) is 6.92. The molecule has 1 amide bonds. The lowest BCUT2D eigenvalue weighted by atomic mass is 9.96. The van der Waals surface area contributed by atoms with Crippen molar-refractivity contribution in [3.8, 4) is 11.4 Å². The van der Waals surface area contributed by atoms with Crippen molar-refractivity contribution < 1.29 is 4.79 Å². The van der Waals surface area contributed by atoms with Crippen LogP contribution < -0.4 is 5.73 Å². The number of imidazole rings is 1. The lowest BCUT2D eigenvalue weighted by Gasteiger charge is -2.24. The highest BCUT2D eigenvalue weighted by Gasteiger charge is 2.33. The third-order valence-electron chi connectivity index (χ3n) is 6.55. The summed E-state index contributed by atoms with van der Waals surface area (Å²) in [4.78, 5) is 17.7. The molecule has 1 heterocycles. The molecule has 0 saturated heterocycles. The number of fused-ring (bicyclic) bond motifs is 1. The molecule has 32 heavy (non-hydrogen) atoms. The molecule has 0 spiro atoms. The molecule has 0 bridgehead atoms. The molecule has 5 rings (SSSR count). The second kappa shape index (κ2) is 8.79. The topological polar surface area (TPSA) is 60.9 Å². The van der Waals surface area contributed by atoms with E-state index in [2.05, 4.69) is 22.8 Å². The predicted octanol–water partition coefficient (Wildman–Crippen LogP) is 6.16. The maximum Gasteiger partial charge on any atom is 0.240 e. The van der Waals surface area contributed by atoms with Gasteiger partial charge in [-0.25, -0.2) is 4.98 Å². The van der Waals surface area contributed by atoms with Crippen molar-refractivity contribution in [3.05, 3.63) is 88.9 Å². The maximum atomic E-state index is 12.7. The minimum Gasteiger partial charge on any atom is -0.368 e. The number of carbonyl (C=O) groups excluding carboxylic acids is 1. The standard InChI is InChI=1S/C27H26ClN3O/c28-22-15-14-20(17-21(22)16-18-8-2-1-3-9-18)27-30-23-12-6-7-13-24(23)31(27)25(26(29)32)19-10-4-5-11-19/h1-3,6-9,12-15,17,19,25H,4-5,10-11,16H2,(H2,29,32). The predicted molar refractivity (Wildman–Crippen MR) is 130 cm³/mol. The Hall–Kier alpha value is -3.11. The minimum atomic E-state index is -0.409. The molecule has 0 radical (unpaired) electrons. The highest BCUT2D eigenvalue weighted by molar-refractivity contribution is 6.31. The smallest absolute Gasteiger partial charge is 0.240 e. The Kier molecular flexibility index (Phi) is 5.71. The highest BCUT2D eigenvalue weighted by atomic mass is 35.5. The van der Waals surface area contributed by atoms with Gasteiger partial charge in [-0.3, -0.25) is 4.79 Å². The lowest BCUT2D eigenvalue weighted by molar-refractivity contribution is -0.122. The van der Waals surface area contributed by atoms with E-state index in [1.807, 2.05) is 54.6 Å². The average molecular weight is 444 g/mol. The van der Waals surface area contributed by atoms with Gasteiger partial charge in [-0.1, -0.05) is 66.9 Å². The number of nitrogens with two attached hydrogens (primary N) is 1. The number of aromatic nitrogens is 2. The van der Waals surface area contributed by atoms with Crippen LogP contribution >= 0.6 is 11.6 Å². The Bertz CT molecular complexity index is 1260. The van der Waals surface area contributed by atoms with E-state index < -0.39 is 6.04 Å². The summed E-state index contributed by atoms with van der Waals surface area (Å²) in [6, 6.07) is 23.8. The van der Waals surface area contributed by atoms with Crippen LogP contribution in [0.3, 0.4) is 0 Å². The van der Waals surface area contributed by atoms with E-state index in [1.54, 1.807) is 0 Å². The zero-order chi connectivity index (χ0) is 22.1. The quantitative estimate of drug-likeness (QED) is 0.387. The Labute approximate surface area is 193 Å². The van der Waals surface area contributed by atoms with E-state index in [9.17, 15) is 4.79 Å². The number of rotatable bonds is 6. The van der Waals surface area contributed by atoms with Crippen LogP contribution in [0, 0.1) is 5.92 Å². The van der Waals surface area contributed by atoms with Crippen molar-refractivity contribution in [2.75, 3.05) is 0 Å². The zero-order valence-corrected chi connectivity index (χ0v) is 18.6. The van der Waals surface area contributed by atoms with Crippen LogP contribution in [0.15, 0.2) is 72.8 Å². The maximum absolute atomic E-state index is 12.7. The minimum absolute atomic E-state index is 0.236. The first-order chi connectivity index (χ1) is 15.6. The number of hydrogen-bond acceptors (Lipinski definition) is 2. The number of hydrogen-bond donors (Lipinski definition) is 1. The van der Waals surface area contributed by atoms with Crippen LogP contribution in [-0.2, 0) is 11.2 Å². The normalized spacial score (nSPS) is 15.3. The van der Waals surface area contributed by atoms with Crippen molar-refractivity contribution in [2.24, 2.45) is 11.7 Å². The van der Waals surface area contributed by atoms with Crippen molar-refractivity contribution >= 4 is 28.5 Å². The van der Waals surface area contributed by atoms with Gasteiger partial charge >= 0.3 is 0 Å². The zero-order valence-electron chi connectivity index (χ0n) is 17.9. The van der Waals surface area contributed by atoms with Crippen LogP contribution in [0.4, 0.5) is 0 Å². The fraction of sp³-hybridized carbons (Fsp3) is 0.259. The molecule has 1 fully saturated rings. The van der Waals surface area contributed by atoms with Crippen LogP contribution in [0.2, 0.25) is 5.02 Å². The Morgan fingerprint density at radius 1 is 1.03 bits per heavy atom. The van der Waals surface area contributed by atoms with Gasteiger partial charge in [0.2, 0.25) is 5.91 Å². The lowest BCUT2D eigenvalue weighted by Crippen LogP contribution is -2.32.